The van der Waals surface area contributed by atoms with E-state index in [2.05, 4.69) is 44.7 Å². The van der Waals surface area contributed by atoms with Crippen molar-refractivity contribution in [3.8, 4) is 5.88 Å². The van der Waals surface area contributed by atoms with Crippen molar-refractivity contribution in [1.82, 2.24) is 20.0 Å². The molecule has 1 amide bonds. The van der Waals surface area contributed by atoms with Crippen molar-refractivity contribution < 1.29 is 14.6 Å². The number of rotatable bonds is 7. The zero-order chi connectivity index (χ0) is 28.5. The Balaban J connectivity index is 1.34. The SMILES string of the molecule is CC(C)Oc1ccc(N2CCC(c3nn(C(c4ccccc4)c4ccccc4)c4c3[C@H](C)[C@H](O)C(=O)N4)CC2)nn1. The van der Waals surface area contributed by atoms with Crippen LogP contribution in [0.5, 0.6) is 5.88 Å². The maximum absolute atomic E-state index is 12.9. The van der Waals surface area contributed by atoms with Gasteiger partial charge in [0.25, 0.3) is 5.91 Å². The van der Waals surface area contributed by atoms with Crippen molar-refractivity contribution >= 4 is 17.5 Å². The third-order valence-corrected chi connectivity index (χ3v) is 8.08. The molecule has 0 unspecified atom stereocenters. The summed E-state index contributed by atoms with van der Waals surface area (Å²) in [6.07, 6.45) is 0.666. The second-order valence-corrected chi connectivity index (χ2v) is 11.2. The molecule has 4 heterocycles. The van der Waals surface area contributed by atoms with Gasteiger partial charge in [0.15, 0.2) is 5.82 Å². The molecule has 1 fully saturated rings. The number of anilines is 2. The average molecular weight is 553 g/mol. The number of aliphatic hydroxyl groups excluding tert-OH is 1. The molecule has 0 radical (unpaired) electrons. The number of piperidine rings is 1. The molecule has 2 aliphatic rings. The van der Waals surface area contributed by atoms with E-state index in [0.29, 0.717) is 11.7 Å². The van der Waals surface area contributed by atoms with Crippen LogP contribution in [0.4, 0.5) is 11.6 Å². The predicted molar refractivity (Wildman–Crippen MR) is 157 cm³/mol. The molecule has 4 aromatic rings. The fraction of sp³-hybridized carbons (Fsp3) is 0.375. The van der Waals surface area contributed by atoms with Crippen molar-refractivity contribution in [2.75, 3.05) is 23.3 Å². The largest absolute Gasteiger partial charge is 0.474 e. The van der Waals surface area contributed by atoms with Crippen LogP contribution in [0.1, 0.15) is 73.9 Å². The summed E-state index contributed by atoms with van der Waals surface area (Å²) >= 11 is 0. The third kappa shape index (κ3) is 5.29. The highest BCUT2D eigenvalue weighted by atomic mass is 16.5. The quantitative estimate of drug-likeness (QED) is 0.336. The number of amides is 1. The zero-order valence-corrected chi connectivity index (χ0v) is 23.6. The Morgan fingerprint density at radius 3 is 2.12 bits per heavy atom. The molecule has 0 bridgehead atoms. The maximum atomic E-state index is 12.9. The molecule has 9 heteroatoms. The number of ether oxygens (including phenoxy) is 1. The Morgan fingerprint density at radius 2 is 1.56 bits per heavy atom. The first-order chi connectivity index (χ1) is 19.9. The summed E-state index contributed by atoms with van der Waals surface area (Å²) in [5, 5.41) is 27.7. The highest BCUT2D eigenvalue weighted by Gasteiger charge is 2.40. The minimum Gasteiger partial charge on any atom is -0.474 e. The van der Waals surface area contributed by atoms with E-state index in [4.69, 9.17) is 9.84 Å². The Kier molecular flexibility index (Phi) is 7.45. The van der Waals surface area contributed by atoms with Gasteiger partial charge in [-0.3, -0.25) is 4.79 Å². The molecule has 2 atom stereocenters. The van der Waals surface area contributed by atoms with Gasteiger partial charge in [-0.2, -0.15) is 5.10 Å². The number of nitrogens with zero attached hydrogens (tertiary/aromatic N) is 5. The molecule has 1 saturated heterocycles. The number of carbonyl (C=O) groups excluding carboxylic acids is 1. The average Bonchev–Trinajstić information content (AvgIpc) is 3.36. The topological polar surface area (TPSA) is 105 Å². The van der Waals surface area contributed by atoms with E-state index in [-0.39, 0.29) is 24.0 Å². The fourth-order valence-electron chi connectivity index (χ4n) is 6.02. The lowest BCUT2D eigenvalue weighted by Crippen LogP contribution is -2.38. The Labute approximate surface area is 240 Å². The molecule has 2 N–H and O–H groups in total. The van der Waals surface area contributed by atoms with Gasteiger partial charge in [0, 0.05) is 36.6 Å². The second kappa shape index (κ2) is 11.3. The molecule has 0 aliphatic carbocycles. The molecular formula is C32H36N6O3. The van der Waals surface area contributed by atoms with Crippen LogP contribution in [0.15, 0.2) is 72.8 Å². The summed E-state index contributed by atoms with van der Waals surface area (Å²) in [6, 6.07) is 24.0. The van der Waals surface area contributed by atoms with Crippen molar-refractivity contribution in [3.63, 3.8) is 0 Å². The lowest BCUT2D eigenvalue weighted by atomic mass is 9.84. The van der Waals surface area contributed by atoms with Crippen LogP contribution in [0.25, 0.3) is 0 Å². The Morgan fingerprint density at radius 1 is 0.927 bits per heavy atom. The first kappa shape index (κ1) is 27.0. The van der Waals surface area contributed by atoms with E-state index in [1.807, 2.05) is 74.0 Å². The first-order valence-electron chi connectivity index (χ1n) is 14.4. The number of nitrogens with one attached hydrogen (secondary N) is 1. The van der Waals surface area contributed by atoms with E-state index >= 15 is 0 Å². The van der Waals surface area contributed by atoms with Crippen molar-refractivity contribution in [1.29, 1.82) is 0 Å². The Hall–Kier alpha value is -4.24. The summed E-state index contributed by atoms with van der Waals surface area (Å²) in [7, 11) is 0. The zero-order valence-electron chi connectivity index (χ0n) is 23.6. The maximum Gasteiger partial charge on any atom is 0.254 e. The molecule has 9 nitrogen and oxygen atoms in total. The summed E-state index contributed by atoms with van der Waals surface area (Å²) in [5.74, 6) is 1.44. The number of hydrogen-bond acceptors (Lipinski definition) is 7. The van der Waals surface area contributed by atoms with Gasteiger partial charge in [-0.25, -0.2) is 4.68 Å². The van der Waals surface area contributed by atoms with Crippen LogP contribution in [0.3, 0.4) is 0 Å². The standard InChI is InChI=1S/C32H36N6O3/c1-20(2)41-26-15-14-25(34-35-26)37-18-16-22(17-19-37)28-27-21(3)30(39)32(40)33-31(27)38(36-28)29(23-10-6-4-7-11-23)24-12-8-5-9-13-24/h4-15,20-22,29-30,39H,16-19H2,1-3H3,(H,33,40)/t21-,30-/m0/s1. The molecule has 2 aromatic carbocycles. The number of aromatic nitrogens is 4. The molecular weight excluding hydrogens is 516 g/mol. The minimum atomic E-state index is -1.12. The highest BCUT2D eigenvalue weighted by molar-refractivity contribution is 5.97. The third-order valence-electron chi connectivity index (χ3n) is 8.08. The normalized spacial score (nSPS) is 19.4. The van der Waals surface area contributed by atoms with Crippen LogP contribution in [0.2, 0.25) is 0 Å². The smallest absolute Gasteiger partial charge is 0.254 e. The van der Waals surface area contributed by atoms with E-state index in [9.17, 15) is 9.90 Å². The molecule has 2 aromatic heterocycles. The van der Waals surface area contributed by atoms with Crippen LogP contribution in [-0.4, -0.2) is 56.3 Å². The monoisotopic (exact) mass is 552 g/mol. The van der Waals surface area contributed by atoms with Crippen LogP contribution < -0.4 is 15.0 Å². The van der Waals surface area contributed by atoms with Gasteiger partial charge in [-0.1, -0.05) is 67.6 Å². The van der Waals surface area contributed by atoms with Gasteiger partial charge in [0.2, 0.25) is 5.88 Å². The number of aliphatic hydroxyl groups is 1. The van der Waals surface area contributed by atoms with Crippen molar-refractivity contribution in [2.45, 2.75) is 63.7 Å². The van der Waals surface area contributed by atoms with Gasteiger partial charge in [-0.15, -0.1) is 10.2 Å². The molecule has 41 heavy (non-hydrogen) atoms. The number of hydrogen-bond donors (Lipinski definition) is 2. The lowest BCUT2D eigenvalue weighted by molar-refractivity contribution is -0.125. The van der Waals surface area contributed by atoms with E-state index in [0.717, 1.165) is 54.1 Å². The first-order valence-corrected chi connectivity index (χ1v) is 14.4. The molecule has 2 aliphatic heterocycles. The number of fused-ring (bicyclic) bond motifs is 1. The molecule has 6 rings (SSSR count). The predicted octanol–water partition coefficient (Wildman–Crippen LogP) is 4.90. The second-order valence-electron chi connectivity index (χ2n) is 11.2. The molecule has 0 spiro atoms. The van der Waals surface area contributed by atoms with Crippen molar-refractivity contribution in [2.24, 2.45) is 0 Å². The fourth-order valence-corrected chi connectivity index (χ4v) is 6.02. The van der Waals surface area contributed by atoms with Crippen LogP contribution in [-0.2, 0) is 4.79 Å². The molecule has 212 valence electrons. The van der Waals surface area contributed by atoms with Crippen LogP contribution in [0, 0.1) is 0 Å². The molecule has 0 saturated carbocycles. The summed E-state index contributed by atoms with van der Waals surface area (Å²) in [4.78, 5) is 15.1. The van der Waals surface area contributed by atoms with Gasteiger partial charge in [0.05, 0.1) is 11.8 Å². The Bertz CT molecular complexity index is 1440. The van der Waals surface area contributed by atoms with Gasteiger partial charge < -0.3 is 20.1 Å². The van der Waals surface area contributed by atoms with E-state index in [1.165, 1.54) is 0 Å². The number of benzene rings is 2. The minimum absolute atomic E-state index is 0.0469. The van der Waals surface area contributed by atoms with Gasteiger partial charge >= 0.3 is 0 Å². The van der Waals surface area contributed by atoms with E-state index < -0.39 is 12.0 Å². The summed E-state index contributed by atoms with van der Waals surface area (Å²) in [5.41, 5.74) is 4.03. The van der Waals surface area contributed by atoms with Gasteiger partial charge in [0.1, 0.15) is 18.0 Å². The van der Waals surface area contributed by atoms with Crippen molar-refractivity contribution in [3.05, 3.63) is 95.2 Å². The van der Waals surface area contributed by atoms with Crippen LogP contribution >= 0.6 is 0 Å². The number of carbonyl (C=O) groups is 1. The highest BCUT2D eigenvalue weighted by Crippen LogP contribution is 2.44. The summed E-state index contributed by atoms with van der Waals surface area (Å²) < 4.78 is 7.60. The lowest BCUT2D eigenvalue weighted by Gasteiger charge is -2.33. The van der Waals surface area contributed by atoms with Gasteiger partial charge in [-0.05, 0) is 43.9 Å². The van der Waals surface area contributed by atoms with E-state index in [1.54, 1.807) is 0 Å². The summed E-state index contributed by atoms with van der Waals surface area (Å²) in [6.45, 7) is 7.45.